The molecule has 7 nitrogen and oxygen atoms in total. The molecule has 0 bridgehead atoms. The van der Waals surface area contributed by atoms with Crippen molar-refractivity contribution in [3.8, 4) is 0 Å². The molecule has 0 saturated carbocycles. The Balaban J connectivity index is 1.49. The molecule has 2 aliphatic heterocycles. The van der Waals surface area contributed by atoms with Gasteiger partial charge in [-0.25, -0.2) is 4.98 Å². The van der Waals surface area contributed by atoms with Crippen LogP contribution in [0.2, 0.25) is 5.02 Å². The third-order valence-electron chi connectivity index (χ3n) is 4.96. The van der Waals surface area contributed by atoms with Gasteiger partial charge in [0.15, 0.2) is 0 Å². The highest BCUT2D eigenvalue weighted by Crippen LogP contribution is 2.30. The minimum absolute atomic E-state index is 0.0395. The molecule has 0 radical (unpaired) electrons. The Labute approximate surface area is 157 Å². The zero-order valence-electron chi connectivity index (χ0n) is 14.6. The van der Waals surface area contributed by atoms with Crippen molar-refractivity contribution in [2.75, 3.05) is 44.3 Å². The second kappa shape index (κ2) is 7.63. The first-order valence-electron chi connectivity index (χ1n) is 8.99. The van der Waals surface area contributed by atoms with E-state index in [1.165, 1.54) is 0 Å². The highest BCUT2D eigenvalue weighted by atomic mass is 35.5. The summed E-state index contributed by atoms with van der Waals surface area (Å²) in [5.41, 5.74) is 0.529. The van der Waals surface area contributed by atoms with Crippen LogP contribution in [0.25, 0.3) is 0 Å². The Morgan fingerprint density at radius 1 is 1.27 bits per heavy atom. The van der Waals surface area contributed by atoms with Crippen LogP contribution in [0, 0.1) is 0 Å². The second-order valence-corrected chi connectivity index (χ2v) is 7.07. The van der Waals surface area contributed by atoms with E-state index in [-0.39, 0.29) is 5.91 Å². The molecule has 2 saturated heterocycles. The van der Waals surface area contributed by atoms with Crippen LogP contribution in [-0.4, -0.2) is 65.0 Å². The third-order valence-corrected chi connectivity index (χ3v) is 5.24. The Bertz CT molecular complexity index is 761. The number of hydrogen-bond donors (Lipinski definition) is 0. The van der Waals surface area contributed by atoms with Gasteiger partial charge in [0.25, 0.3) is 5.91 Å². The molecular weight excluding hydrogens is 354 g/mol. The average molecular weight is 376 g/mol. The van der Waals surface area contributed by atoms with Crippen molar-refractivity contribution < 1.29 is 9.53 Å². The van der Waals surface area contributed by atoms with Gasteiger partial charge in [0, 0.05) is 44.8 Å². The second-order valence-electron chi connectivity index (χ2n) is 6.66. The highest BCUT2D eigenvalue weighted by molar-refractivity contribution is 6.33. The maximum absolute atomic E-state index is 12.6. The van der Waals surface area contributed by atoms with Crippen LogP contribution in [0.4, 0.5) is 5.82 Å². The minimum Gasteiger partial charge on any atom is -0.378 e. The number of carbonyl (C=O) groups excluding carboxylic acids is 1. The van der Waals surface area contributed by atoms with Gasteiger partial charge in [-0.1, -0.05) is 11.6 Å². The Hall–Kier alpha value is -2.12. The van der Waals surface area contributed by atoms with Crippen LogP contribution in [-0.2, 0) is 4.74 Å². The van der Waals surface area contributed by atoms with E-state index in [2.05, 4.69) is 15.0 Å². The molecule has 0 N–H and O–H groups in total. The quantitative estimate of drug-likeness (QED) is 0.823. The number of ether oxygens (including phenoxy) is 1. The van der Waals surface area contributed by atoms with E-state index in [1.807, 2.05) is 16.9 Å². The lowest BCUT2D eigenvalue weighted by Gasteiger charge is -2.34. The van der Waals surface area contributed by atoms with Gasteiger partial charge in [0.1, 0.15) is 5.82 Å². The summed E-state index contributed by atoms with van der Waals surface area (Å²) < 4.78 is 7.30. The molecule has 4 heterocycles. The predicted octanol–water partition coefficient (Wildman–Crippen LogP) is 2.25. The normalized spacial score (nSPS) is 21.0. The van der Waals surface area contributed by atoms with Gasteiger partial charge in [-0.2, -0.15) is 5.10 Å². The summed E-state index contributed by atoms with van der Waals surface area (Å²) >= 11 is 6.50. The molecule has 1 amide bonds. The van der Waals surface area contributed by atoms with Crippen molar-refractivity contribution >= 4 is 23.3 Å². The first-order valence-corrected chi connectivity index (χ1v) is 9.37. The monoisotopic (exact) mass is 375 g/mol. The maximum atomic E-state index is 12.6. The van der Waals surface area contributed by atoms with Crippen LogP contribution >= 0.6 is 11.6 Å². The molecule has 1 unspecified atom stereocenters. The minimum atomic E-state index is -0.0395. The zero-order valence-corrected chi connectivity index (χ0v) is 15.3. The van der Waals surface area contributed by atoms with Crippen molar-refractivity contribution in [3.63, 3.8) is 0 Å². The fourth-order valence-electron chi connectivity index (χ4n) is 3.59. The molecule has 0 aliphatic carbocycles. The molecule has 2 fully saturated rings. The predicted molar refractivity (Wildman–Crippen MR) is 98.7 cm³/mol. The first kappa shape index (κ1) is 17.3. The van der Waals surface area contributed by atoms with E-state index in [0.717, 1.165) is 31.7 Å². The number of morpholine rings is 1. The number of carbonyl (C=O) groups is 1. The number of aromatic nitrogens is 3. The topological polar surface area (TPSA) is 63.5 Å². The number of anilines is 1. The van der Waals surface area contributed by atoms with Crippen LogP contribution in [0.3, 0.4) is 0 Å². The third kappa shape index (κ3) is 3.54. The van der Waals surface area contributed by atoms with Crippen molar-refractivity contribution in [2.45, 2.75) is 18.9 Å². The van der Waals surface area contributed by atoms with E-state index in [9.17, 15) is 4.79 Å². The smallest absolute Gasteiger partial charge is 0.255 e. The Morgan fingerprint density at radius 2 is 2.12 bits per heavy atom. The molecule has 2 aromatic rings. The fourth-order valence-corrected chi connectivity index (χ4v) is 3.87. The first-order chi connectivity index (χ1) is 12.7. The number of amides is 1. The SMILES string of the molecule is O=C(c1cnc(N2CCCC(n3cccn3)C2)c(Cl)c1)N1CCOCC1. The van der Waals surface area contributed by atoms with E-state index < -0.39 is 0 Å². The summed E-state index contributed by atoms with van der Waals surface area (Å²) in [6.45, 7) is 4.08. The molecular formula is C18H22ClN5O2. The van der Waals surface area contributed by atoms with Gasteiger partial charge in [-0.3, -0.25) is 9.48 Å². The summed E-state index contributed by atoms with van der Waals surface area (Å²) in [7, 11) is 0. The lowest BCUT2D eigenvalue weighted by molar-refractivity contribution is 0.0302. The molecule has 138 valence electrons. The Kier molecular flexibility index (Phi) is 5.08. The molecule has 26 heavy (non-hydrogen) atoms. The number of hydrogen-bond acceptors (Lipinski definition) is 5. The highest BCUT2D eigenvalue weighted by Gasteiger charge is 2.25. The standard InChI is InChI=1S/C18H22ClN5O2/c19-16-11-14(18(25)22-7-9-26-10-8-22)12-20-17(16)23-5-1-3-15(13-23)24-6-2-4-21-24/h2,4,6,11-12,15H,1,3,5,7-10,13H2. The molecule has 8 heteroatoms. The lowest BCUT2D eigenvalue weighted by atomic mass is 10.1. The van der Waals surface area contributed by atoms with Crippen molar-refractivity contribution in [3.05, 3.63) is 41.3 Å². The lowest BCUT2D eigenvalue weighted by Crippen LogP contribution is -2.41. The summed E-state index contributed by atoms with van der Waals surface area (Å²) in [4.78, 5) is 21.1. The number of halogens is 1. The molecule has 0 spiro atoms. The van der Waals surface area contributed by atoms with Crippen molar-refractivity contribution in [1.82, 2.24) is 19.7 Å². The summed E-state index contributed by atoms with van der Waals surface area (Å²) in [5.74, 6) is 0.698. The van der Waals surface area contributed by atoms with Gasteiger partial charge >= 0.3 is 0 Å². The van der Waals surface area contributed by atoms with Gasteiger partial charge < -0.3 is 14.5 Å². The van der Waals surface area contributed by atoms with E-state index in [4.69, 9.17) is 16.3 Å². The van der Waals surface area contributed by atoms with Crippen LogP contribution < -0.4 is 4.90 Å². The molecule has 2 aliphatic rings. The average Bonchev–Trinajstić information content (AvgIpc) is 3.23. The summed E-state index contributed by atoms with van der Waals surface area (Å²) in [6.07, 6.45) is 7.57. The zero-order chi connectivity index (χ0) is 17.9. The number of pyridine rings is 1. The summed E-state index contributed by atoms with van der Waals surface area (Å²) in [5, 5.41) is 4.87. The van der Waals surface area contributed by atoms with Crippen molar-refractivity contribution in [2.24, 2.45) is 0 Å². The van der Waals surface area contributed by atoms with Crippen LogP contribution in [0.15, 0.2) is 30.7 Å². The van der Waals surface area contributed by atoms with Gasteiger partial charge in [-0.05, 0) is 25.0 Å². The largest absolute Gasteiger partial charge is 0.378 e. The van der Waals surface area contributed by atoms with Crippen molar-refractivity contribution in [1.29, 1.82) is 0 Å². The number of rotatable bonds is 3. The maximum Gasteiger partial charge on any atom is 0.255 e. The molecule has 4 rings (SSSR count). The van der Waals surface area contributed by atoms with E-state index in [1.54, 1.807) is 23.4 Å². The van der Waals surface area contributed by atoms with E-state index >= 15 is 0 Å². The Morgan fingerprint density at radius 3 is 2.85 bits per heavy atom. The fraction of sp³-hybridized carbons (Fsp3) is 0.500. The van der Waals surface area contributed by atoms with Gasteiger partial charge in [-0.15, -0.1) is 0 Å². The number of piperidine rings is 1. The van der Waals surface area contributed by atoms with Crippen LogP contribution in [0.1, 0.15) is 29.2 Å². The molecule has 1 atom stereocenters. The van der Waals surface area contributed by atoms with E-state index in [0.29, 0.717) is 42.9 Å². The summed E-state index contributed by atoms with van der Waals surface area (Å²) in [6, 6.07) is 3.99. The number of nitrogens with zero attached hydrogens (tertiary/aromatic N) is 5. The van der Waals surface area contributed by atoms with Crippen LogP contribution in [0.5, 0.6) is 0 Å². The van der Waals surface area contributed by atoms with Gasteiger partial charge in [0.05, 0.1) is 29.8 Å². The van der Waals surface area contributed by atoms with Gasteiger partial charge in [0.2, 0.25) is 0 Å². The molecule has 2 aromatic heterocycles. The molecule has 0 aromatic carbocycles.